The minimum absolute atomic E-state index is 0.478. The third-order valence-corrected chi connectivity index (χ3v) is 11.5. The fourth-order valence-corrected chi connectivity index (χ4v) is 8.08. The van der Waals surface area contributed by atoms with Crippen LogP contribution in [0.1, 0.15) is 42.9 Å². The summed E-state index contributed by atoms with van der Waals surface area (Å²) in [6.07, 6.45) is 5.69. The number of likely N-dealkylation sites (N-methyl/N-ethyl adjacent to an activating group) is 2. The van der Waals surface area contributed by atoms with Crippen molar-refractivity contribution >= 4 is 0 Å². The second-order valence-corrected chi connectivity index (χ2v) is 15.8. The first-order valence-electron chi connectivity index (χ1n) is 20.1. The molecule has 0 N–H and O–H groups in total. The van der Waals surface area contributed by atoms with E-state index in [9.17, 15) is 0 Å². The second-order valence-electron chi connectivity index (χ2n) is 15.8. The van der Waals surface area contributed by atoms with Crippen molar-refractivity contribution in [3.8, 4) is 17.2 Å². The molecule has 0 aliphatic carbocycles. The average Bonchev–Trinajstić information content (AvgIpc) is 3.15. The lowest BCUT2D eigenvalue weighted by Crippen LogP contribution is -2.53. The topological polar surface area (TPSA) is 43.9 Å². The molecular formula is C44H65N5O3. The molecule has 3 saturated heterocycles. The summed E-state index contributed by atoms with van der Waals surface area (Å²) in [4.78, 5) is 12.7. The number of piperazine rings is 2. The van der Waals surface area contributed by atoms with Crippen molar-refractivity contribution in [3.63, 3.8) is 0 Å². The second kappa shape index (κ2) is 19.8. The van der Waals surface area contributed by atoms with Crippen molar-refractivity contribution < 1.29 is 14.2 Å². The molecule has 8 heteroatoms. The monoisotopic (exact) mass is 712 g/mol. The predicted octanol–water partition coefficient (Wildman–Crippen LogP) is 5.97. The largest absolute Gasteiger partial charge is 0.494 e. The zero-order valence-electron chi connectivity index (χ0n) is 32.6. The van der Waals surface area contributed by atoms with Gasteiger partial charge in [0.1, 0.15) is 30.5 Å². The first-order chi connectivity index (χ1) is 25.4. The highest BCUT2D eigenvalue weighted by Crippen LogP contribution is 2.26. The normalized spacial score (nSPS) is 22.7. The first-order valence-corrected chi connectivity index (χ1v) is 20.1. The van der Waals surface area contributed by atoms with Crippen molar-refractivity contribution in [1.29, 1.82) is 0 Å². The molecule has 3 aromatic carbocycles. The maximum absolute atomic E-state index is 6.33. The third kappa shape index (κ3) is 12.2. The smallest absolute Gasteiger partial charge is 0.119 e. The Morgan fingerprint density at radius 1 is 0.558 bits per heavy atom. The van der Waals surface area contributed by atoms with Gasteiger partial charge >= 0.3 is 0 Å². The lowest BCUT2D eigenvalue weighted by atomic mass is 9.89. The van der Waals surface area contributed by atoms with Gasteiger partial charge < -0.3 is 28.9 Å². The molecule has 0 spiro atoms. The fourth-order valence-electron chi connectivity index (χ4n) is 8.08. The summed E-state index contributed by atoms with van der Waals surface area (Å²) < 4.78 is 18.5. The Kier molecular flexibility index (Phi) is 14.7. The lowest BCUT2D eigenvalue weighted by molar-refractivity contribution is 0.0765. The molecule has 3 aliphatic heterocycles. The molecule has 0 radical (unpaired) electrons. The lowest BCUT2D eigenvalue weighted by Gasteiger charge is -2.40. The molecule has 6 rings (SSSR count). The van der Waals surface area contributed by atoms with E-state index in [0.717, 1.165) is 94.8 Å². The summed E-state index contributed by atoms with van der Waals surface area (Å²) in [5, 5.41) is 0. The van der Waals surface area contributed by atoms with Crippen molar-refractivity contribution in [3.05, 3.63) is 89.5 Å². The van der Waals surface area contributed by atoms with Crippen molar-refractivity contribution in [1.82, 2.24) is 24.5 Å². The molecule has 3 aromatic rings. The van der Waals surface area contributed by atoms with Gasteiger partial charge in [-0.1, -0.05) is 48.9 Å². The third-order valence-electron chi connectivity index (χ3n) is 11.5. The highest BCUT2D eigenvalue weighted by atomic mass is 16.5. The molecule has 3 atom stereocenters. The Labute approximate surface area is 314 Å². The number of likely N-dealkylation sites (tertiary alicyclic amines) is 1. The maximum Gasteiger partial charge on any atom is 0.119 e. The van der Waals surface area contributed by atoms with Crippen LogP contribution in [0.4, 0.5) is 0 Å². The summed E-state index contributed by atoms with van der Waals surface area (Å²) in [7, 11) is 4.45. The van der Waals surface area contributed by atoms with E-state index in [2.05, 4.69) is 125 Å². The van der Waals surface area contributed by atoms with Crippen molar-refractivity contribution in [2.45, 2.75) is 58.0 Å². The minimum Gasteiger partial charge on any atom is -0.494 e. The van der Waals surface area contributed by atoms with Crippen LogP contribution in [-0.4, -0.2) is 142 Å². The Hall–Kier alpha value is -3.14. The van der Waals surface area contributed by atoms with Crippen molar-refractivity contribution in [2.75, 3.05) is 106 Å². The number of hydrogen-bond donors (Lipinski definition) is 0. The molecule has 2 unspecified atom stereocenters. The number of rotatable bonds is 17. The Morgan fingerprint density at radius 2 is 1.08 bits per heavy atom. The average molecular weight is 712 g/mol. The Morgan fingerprint density at radius 3 is 1.69 bits per heavy atom. The van der Waals surface area contributed by atoms with Gasteiger partial charge in [-0.2, -0.15) is 0 Å². The van der Waals surface area contributed by atoms with Crippen LogP contribution in [0.3, 0.4) is 0 Å². The number of hydrogen-bond acceptors (Lipinski definition) is 8. The zero-order chi connectivity index (χ0) is 36.1. The van der Waals surface area contributed by atoms with Crippen LogP contribution in [0.15, 0.2) is 72.8 Å². The molecule has 0 amide bonds. The number of benzene rings is 3. The molecule has 52 heavy (non-hydrogen) atoms. The molecule has 284 valence electrons. The summed E-state index contributed by atoms with van der Waals surface area (Å²) >= 11 is 0. The van der Waals surface area contributed by atoms with Gasteiger partial charge in [-0.25, -0.2) is 0 Å². The van der Waals surface area contributed by atoms with Crippen LogP contribution in [0, 0.1) is 12.8 Å². The SMILES string of the molecule is Cc1ccc(OCCN2CCN(C)CC2Cc2ccc(OCCN3CC[C@@H](C)CC3Cc3ccc(OCCCN4CCN(C)CC4)cc3)cc2)cc1. The molecular weight excluding hydrogens is 647 g/mol. The summed E-state index contributed by atoms with van der Waals surface area (Å²) in [5.41, 5.74) is 4.02. The highest BCUT2D eigenvalue weighted by Gasteiger charge is 2.27. The molecule has 3 heterocycles. The molecule has 3 fully saturated rings. The standard InChI is InChI=1S/C44H65N5O3/c1-36-6-12-42(13-7-36)51-31-28-49-26-23-46(4)35-41(49)34-39-10-16-44(17-11-39)52-30-27-48-20-18-37(2)32-40(48)33-38-8-14-43(15-9-38)50-29-5-19-47-24-21-45(3)22-25-47/h6-17,37,40-41H,5,18-35H2,1-4H3/t37-,40?,41?/m1/s1. The first kappa shape index (κ1) is 38.6. The van der Waals surface area contributed by atoms with Crippen LogP contribution in [0.25, 0.3) is 0 Å². The van der Waals surface area contributed by atoms with Gasteiger partial charge in [0.15, 0.2) is 0 Å². The van der Waals surface area contributed by atoms with E-state index in [1.54, 1.807) is 0 Å². The van der Waals surface area contributed by atoms with Gasteiger partial charge in [-0.15, -0.1) is 0 Å². The van der Waals surface area contributed by atoms with Gasteiger partial charge in [0.25, 0.3) is 0 Å². The van der Waals surface area contributed by atoms with Crippen LogP contribution in [0.2, 0.25) is 0 Å². The van der Waals surface area contributed by atoms with Crippen LogP contribution < -0.4 is 14.2 Å². The summed E-state index contributed by atoms with van der Waals surface area (Å²) in [6.45, 7) is 18.9. The number of piperidine rings is 1. The van der Waals surface area contributed by atoms with E-state index in [-0.39, 0.29) is 0 Å². The molecule has 8 nitrogen and oxygen atoms in total. The molecule has 0 aromatic heterocycles. The van der Waals surface area contributed by atoms with E-state index in [0.29, 0.717) is 25.3 Å². The zero-order valence-corrected chi connectivity index (χ0v) is 32.6. The predicted molar refractivity (Wildman–Crippen MR) is 213 cm³/mol. The van der Waals surface area contributed by atoms with E-state index in [1.165, 1.54) is 55.7 Å². The van der Waals surface area contributed by atoms with E-state index in [1.807, 2.05) is 0 Å². The molecule has 0 saturated carbocycles. The van der Waals surface area contributed by atoms with Gasteiger partial charge in [0.05, 0.1) is 6.61 Å². The number of nitrogens with zero attached hydrogens (tertiary/aromatic N) is 5. The van der Waals surface area contributed by atoms with E-state index >= 15 is 0 Å². The quantitative estimate of drug-likeness (QED) is 0.159. The van der Waals surface area contributed by atoms with Gasteiger partial charge in [-0.05, 0) is 113 Å². The number of ether oxygens (including phenoxy) is 3. The molecule has 3 aliphatic rings. The van der Waals surface area contributed by atoms with E-state index in [4.69, 9.17) is 14.2 Å². The molecule has 0 bridgehead atoms. The van der Waals surface area contributed by atoms with Crippen LogP contribution >= 0.6 is 0 Å². The fraction of sp³-hybridized carbons (Fsp3) is 0.591. The van der Waals surface area contributed by atoms with Gasteiger partial charge in [0.2, 0.25) is 0 Å². The summed E-state index contributed by atoms with van der Waals surface area (Å²) in [6, 6.07) is 27.1. The summed E-state index contributed by atoms with van der Waals surface area (Å²) in [5.74, 6) is 3.67. The Balaban J connectivity index is 0.915. The van der Waals surface area contributed by atoms with Crippen LogP contribution in [0.5, 0.6) is 17.2 Å². The van der Waals surface area contributed by atoms with Gasteiger partial charge in [-0.3, -0.25) is 9.80 Å². The number of aryl methyl sites for hydroxylation is 1. The maximum atomic E-state index is 6.33. The van der Waals surface area contributed by atoms with Crippen LogP contribution in [-0.2, 0) is 12.8 Å². The highest BCUT2D eigenvalue weighted by molar-refractivity contribution is 5.29. The van der Waals surface area contributed by atoms with Crippen molar-refractivity contribution in [2.24, 2.45) is 5.92 Å². The van der Waals surface area contributed by atoms with Gasteiger partial charge in [0, 0.05) is 77.5 Å². The Bertz CT molecular complexity index is 1440. The minimum atomic E-state index is 0.478. The van der Waals surface area contributed by atoms with E-state index < -0.39 is 0 Å².